The summed E-state index contributed by atoms with van der Waals surface area (Å²) in [5.74, 6) is 0.906. The molecule has 0 aliphatic rings. The van der Waals surface area contributed by atoms with Gasteiger partial charge < -0.3 is 14.8 Å². The lowest BCUT2D eigenvalue weighted by atomic mass is 9.87. The van der Waals surface area contributed by atoms with E-state index in [2.05, 4.69) is 52.4 Å². The number of ether oxygens (including phenoxy) is 2. The summed E-state index contributed by atoms with van der Waals surface area (Å²) < 4.78 is 11.5. The van der Waals surface area contributed by atoms with Gasteiger partial charge in [-0.15, -0.1) is 0 Å². The molecular weight excluding hydrogens is 306 g/mol. The van der Waals surface area contributed by atoms with Crippen LogP contribution in [0.1, 0.15) is 18.4 Å². The van der Waals surface area contributed by atoms with Crippen molar-refractivity contribution in [2.24, 2.45) is 5.92 Å². The van der Waals surface area contributed by atoms with Crippen LogP contribution in [0.25, 0.3) is 0 Å². The van der Waals surface area contributed by atoms with Gasteiger partial charge in [-0.25, -0.2) is 0 Å². The van der Waals surface area contributed by atoms with E-state index in [0.29, 0.717) is 11.8 Å². The van der Waals surface area contributed by atoms with Crippen molar-refractivity contribution in [3.8, 4) is 0 Å². The van der Waals surface area contributed by atoms with Crippen LogP contribution in [-0.4, -0.2) is 40.5 Å². The second-order valence-corrected chi connectivity index (χ2v) is 5.71. The molecule has 0 amide bonds. The van der Waals surface area contributed by atoms with Crippen molar-refractivity contribution in [1.82, 2.24) is 5.32 Å². The Kier molecular flexibility index (Phi) is 8.30. The molecule has 1 aromatic carbocycles. The van der Waals surface area contributed by atoms with E-state index in [0.717, 1.165) is 30.8 Å². The van der Waals surface area contributed by atoms with E-state index in [9.17, 15) is 0 Å². The lowest BCUT2D eigenvalue weighted by Crippen LogP contribution is -2.29. The molecule has 0 aliphatic heterocycles. The third-order valence-electron chi connectivity index (χ3n) is 3.24. The van der Waals surface area contributed by atoms with Gasteiger partial charge in [0.15, 0.2) is 0 Å². The van der Waals surface area contributed by atoms with Crippen molar-refractivity contribution >= 4 is 15.9 Å². The number of methoxy groups -OCH3 is 2. The first-order chi connectivity index (χ1) is 9.19. The van der Waals surface area contributed by atoms with E-state index < -0.39 is 0 Å². The molecule has 0 aromatic heterocycles. The third-order valence-corrected chi connectivity index (χ3v) is 3.73. The molecular formula is C15H24BrNO2. The molecule has 0 saturated heterocycles. The Balaban J connectivity index is 2.68. The summed E-state index contributed by atoms with van der Waals surface area (Å²) in [4.78, 5) is 0. The zero-order valence-corrected chi connectivity index (χ0v) is 13.6. The maximum Gasteiger partial charge on any atom is 0.0587 e. The fourth-order valence-corrected chi connectivity index (χ4v) is 2.61. The molecule has 0 heterocycles. The van der Waals surface area contributed by atoms with Crippen molar-refractivity contribution < 1.29 is 9.47 Å². The summed E-state index contributed by atoms with van der Waals surface area (Å²) in [5.41, 5.74) is 1.34. The fraction of sp³-hybridized carbons (Fsp3) is 0.600. The molecule has 4 heteroatoms. The fourth-order valence-electron chi connectivity index (χ4n) is 2.20. The summed E-state index contributed by atoms with van der Waals surface area (Å²) in [6.07, 6.45) is 0. The van der Waals surface area contributed by atoms with Gasteiger partial charge in [0.1, 0.15) is 0 Å². The van der Waals surface area contributed by atoms with Gasteiger partial charge in [-0.2, -0.15) is 0 Å². The molecule has 0 bridgehead atoms. The summed E-state index contributed by atoms with van der Waals surface area (Å²) in [6.45, 7) is 5.55. The second kappa shape index (κ2) is 9.48. The SMILES string of the molecule is COCCNCC(c1cccc(Br)c1)C(C)COC. The third kappa shape index (κ3) is 6.04. The number of rotatable bonds is 9. The number of hydrogen-bond donors (Lipinski definition) is 1. The van der Waals surface area contributed by atoms with Gasteiger partial charge >= 0.3 is 0 Å². The van der Waals surface area contributed by atoms with E-state index >= 15 is 0 Å². The van der Waals surface area contributed by atoms with Crippen LogP contribution in [0.3, 0.4) is 0 Å². The van der Waals surface area contributed by atoms with Gasteiger partial charge in [-0.3, -0.25) is 0 Å². The van der Waals surface area contributed by atoms with E-state index in [-0.39, 0.29) is 0 Å². The molecule has 1 rings (SSSR count). The molecule has 0 fully saturated rings. The van der Waals surface area contributed by atoms with Gasteiger partial charge in [0.2, 0.25) is 0 Å². The normalized spacial score (nSPS) is 14.3. The maximum atomic E-state index is 5.30. The average Bonchev–Trinajstić information content (AvgIpc) is 2.39. The average molecular weight is 330 g/mol. The Morgan fingerprint density at radius 3 is 2.68 bits per heavy atom. The highest BCUT2D eigenvalue weighted by Crippen LogP contribution is 2.26. The highest BCUT2D eigenvalue weighted by Gasteiger charge is 2.19. The lowest BCUT2D eigenvalue weighted by Gasteiger charge is -2.24. The lowest BCUT2D eigenvalue weighted by molar-refractivity contribution is 0.144. The summed E-state index contributed by atoms with van der Waals surface area (Å²) in [5, 5.41) is 3.45. The van der Waals surface area contributed by atoms with Crippen LogP contribution in [0.2, 0.25) is 0 Å². The minimum atomic E-state index is 0.439. The van der Waals surface area contributed by atoms with Gasteiger partial charge in [0, 0.05) is 44.3 Å². The highest BCUT2D eigenvalue weighted by atomic mass is 79.9. The summed E-state index contributed by atoms with van der Waals surface area (Å²) in [7, 11) is 3.48. The zero-order chi connectivity index (χ0) is 14.1. The monoisotopic (exact) mass is 329 g/mol. The van der Waals surface area contributed by atoms with Crippen LogP contribution in [0.15, 0.2) is 28.7 Å². The Labute approximate surface area is 124 Å². The predicted octanol–water partition coefficient (Wildman–Crippen LogP) is 3.05. The van der Waals surface area contributed by atoms with Gasteiger partial charge in [0.25, 0.3) is 0 Å². The van der Waals surface area contributed by atoms with Gasteiger partial charge in [-0.05, 0) is 23.6 Å². The van der Waals surface area contributed by atoms with E-state index in [1.54, 1.807) is 14.2 Å². The molecule has 108 valence electrons. The number of halogens is 1. The van der Waals surface area contributed by atoms with E-state index in [1.165, 1.54) is 5.56 Å². The van der Waals surface area contributed by atoms with Crippen molar-refractivity contribution in [1.29, 1.82) is 0 Å². The molecule has 19 heavy (non-hydrogen) atoms. The smallest absolute Gasteiger partial charge is 0.0587 e. The van der Waals surface area contributed by atoms with Crippen molar-refractivity contribution in [2.45, 2.75) is 12.8 Å². The minimum Gasteiger partial charge on any atom is -0.384 e. The Morgan fingerprint density at radius 2 is 2.05 bits per heavy atom. The molecule has 2 unspecified atom stereocenters. The predicted molar refractivity (Wildman–Crippen MR) is 82.7 cm³/mol. The molecule has 1 N–H and O–H groups in total. The van der Waals surface area contributed by atoms with Crippen LogP contribution in [-0.2, 0) is 9.47 Å². The first-order valence-electron chi connectivity index (χ1n) is 6.63. The summed E-state index contributed by atoms with van der Waals surface area (Å²) >= 11 is 3.54. The zero-order valence-electron chi connectivity index (χ0n) is 12.0. The first-order valence-corrected chi connectivity index (χ1v) is 7.42. The molecule has 2 atom stereocenters. The molecule has 3 nitrogen and oxygen atoms in total. The van der Waals surface area contributed by atoms with Crippen LogP contribution in [0, 0.1) is 5.92 Å². The molecule has 0 radical (unpaired) electrons. The Bertz CT molecular complexity index is 360. The standard InChI is InChI=1S/C15H24BrNO2/c1-12(11-19-3)15(10-17-7-8-18-2)13-5-4-6-14(16)9-13/h4-6,9,12,15,17H,7-8,10-11H2,1-3H3. The number of benzene rings is 1. The molecule has 1 aromatic rings. The van der Waals surface area contributed by atoms with Crippen LogP contribution in [0.5, 0.6) is 0 Å². The van der Waals surface area contributed by atoms with Crippen LogP contribution in [0.4, 0.5) is 0 Å². The number of nitrogens with one attached hydrogen (secondary N) is 1. The topological polar surface area (TPSA) is 30.5 Å². The maximum absolute atomic E-state index is 5.30. The van der Waals surface area contributed by atoms with Gasteiger partial charge in [0.05, 0.1) is 6.61 Å². The van der Waals surface area contributed by atoms with Gasteiger partial charge in [-0.1, -0.05) is 35.0 Å². The Morgan fingerprint density at radius 1 is 1.26 bits per heavy atom. The summed E-state index contributed by atoms with van der Waals surface area (Å²) in [6, 6.07) is 8.51. The van der Waals surface area contributed by atoms with E-state index in [4.69, 9.17) is 9.47 Å². The highest BCUT2D eigenvalue weighted by molar-refractivity contribution is 9.10. The quantitative estimate of drug-likeness (QED) is 0.706. The van der Waals surface area contributed by atoms with E-state index in [1.807, 2.05) is 0 Å². The van der Waals surface area contributed by atoms with Crippen LogP contribution >= 0.6 is 15.9 Å². The Hall–Kier alpha value is -0.420. The van der Waals surface area contributed by atoms with Crippen molar-refractivity contribution in [3.63, 3.8) is 0 Å². The molecule has 0 saturated carbocycles. The molecule has 0 aliphatic carbocycles. The first kappa shape index (κ1) is 16.6. The molecule has 0 spiro atoms. The van der Waals surface area contributed by atoms with Crippen LogP contribution < -0.4 is 5.32 Å². The number of hydrogen-bond acceptors (Lipinski definition) is 3. The second-order valence-electron chi connectivity index (χ2n) is 4.79. The van der Waals surface area contributed by atoms with Crippen molar-refractivity contribution in [3.05, 3.63) is 34.3 Å². The minimum absolute atomic E-state index is 0.439. The largest absolute Gasteiger partial charge is 0.384 e. The van der Waals surface area contributed by atoms with Crippen molar-refractivity contribution in [2.75, 3.05) is 40.5 Å².